The van der Waals surface area contributed by atoms with Crippen LogP contribution in [0.2, 0.25) is 0 Å². The number of phenols is 1. The molecule has 0 unspecified atom stereocenters. The Labute approximate surface area is 122 Å². The van der Waals surface area contributed by atoms with Gasteiger partial charge in [0.1, 0.15) is 5.75 Å². The molecule has 1 aliphatic rings. The smallest absolute Gasteiger partial charge is 0.255 e. The van der Waals surface area contributed by atoms with Crippen molar-refractivity contribution < 1.29 is 9.90 Å². The van der Waals surface area contributed by atoms with E-state index in [0.29, 0.717) is 12.1 Å². The molecule has 0 spiro atoms. The Morgan fingerprint density at radius 2 is 2.11 bits per heavy atom. The molecule has 0 atom stereocenters. The molecule has 1 fully saturated rings. The quantitative estimate of drug-likeness (QED) is 0.834. The molecule has 2 N–H and O–H groups in total. The van der Waals surface area contributed by atoms with E-state index in [0.717, 1.165) is 23.7 Å². The summed E-state index contributed by atoms with van der Waals surface area (Å²) in [7, 11) is 0. The number of halogens is 1. The first-order chi connectivity index (χ1) is 9.06. The number of phenolic OH excluding ortho intramolecular Hbond substituents is 1. The number of carbonyl (C=O) groups excluding carboxylic acids is 1. The van der Waals surface area contributed by atoms with Gasteiger partial charge in [-0.05, 0) is 42.9 Å². The van der Waals surface area contributed by atoms with Gasteiger partial charge in [0.05, 0.1) is 5.56 Å². The number of rotatable bonds is 4. The van der Waals surface area contributed by atoms with E-state index in [1.165, 1.54) is 12.8 Å². The van der Waals surface area contributed by atoms with Crippen molar-refractivity contribution >= 4 is 21.8 Å². The number of hydrogen-bond donors (Lipinski definition) is 2. The molecular formula is C15H20BrNO2. The fraction of sp³-hybridized carbons (Fsp3) is 0.533. The predicted molar refractivity (Wildman–Crippen MR) is 79.9 cm³/mol. The van der Waals surface area contributed by atoms with E-state index < -0.39 is 0 Å². The lowest BCUT2D eigenvalue weighted by molar-refractivity contribution is 0.0933. The number of benzene rings is 1. The van der Waals surface area contributed by atoms with Crippen LogP contribution in [0.5, 0.6) is 5.75 Å². The van der Waals surface area contributed by atoms with Gasteiger partial charge in [-0.2, -0.15) is 0 Å². The molecule has 0 bridgehead atoms. The number of nitrogens with one attached hydrogen (secondary N) is 1. The predicted octanol–water partition coefficient (Wildman–Crippen LogP) is 3.39. The molecule has 1 amide bonds. The number of hydrogen-bond acceptors (Lipinski definition) is 2. The van der Waals surface area contributed by atoms with Crippen molar-refractivity contribution in [3.05, 3.63) is 29.3 Å². The molecule has 0 heterocycles. The van der Waals surface area contributed by atoms with Crippen LogP contribution in [0, 0.1) is 12.3 Å². The summed E-state index contributed by atoms with van der Waals surface area (Å²) in [6, 6.07) is 5.13. The fourth-order valence-electron chi connectivity index (χ4n) is 2.68. The van der Waals surface area contributed by atoms with Gasteiger partial charge in [0.25, 0.3) is 5.91 Å². The summed E-state index contributed by atoms with van der Waals surface area (Å²) in [5.41, 5.74) is 1.49. The largest absolute Gasteiger partial charge is 0.507 e. The number of aromatic hydroxyl groups is 1. The SMILES string of the molecule is Cc1ccc(C(=O)NCC2(CBr)CCCC2)c(O)c1. The standard InChI is InChI=1S/C15H20BrNO2/c1-11-4-5-12(13(18)8-11)14(19)17-10-15(9-16)6-2-3-7-15/h4-5,8,18H,2-3,6-7,9-10H2,1H3,(H,17,19). The maximum atomic E-state index is 12.1. The Kier molecular flexibility index (Phi) is 4.50. The maximum Gasteiger partial charge on any atom is 0.255 e. The first-order valence-electron chi connectivity index (χ1n) is 6.70. The summed E-state index contributed by atoms with van der Waals surface area (Å²) in [6.45, 7) is 2.56. The second-order valence-corrected chi connectivity index (χ2v) is 6.10. The van der Waals surface area contributed by atoms with Gasteiger partial charge >= 0.3 is 0 Å². The summed E-state index contributed by atoms with van der Waals surface area (Å²) in [4.78, 5) is 12.1. The average molecular weight is 326 g/mol. The molecule has 3 nitrogen and oxygen atoms in total. The van der Waals surface area contributed by atoms with Crippen LogP contribution in [0.4, 0.5) is 0 Å². The average Bonchev–Trinajstić information content (AvgIpc) is 2.85. The zero-order valence-electron chi connectivity index (χ0n) is 11.2. The highest BCUT2D eigenvalue weighted by atomic mass is 79.9. The second kappa shape index (κ2) is 5.95. The highest BCUT2D eigenvalue weighted by Crippen LogP contribution is 2.39. The van der Waals surface area contributed by atoms with Gasteiger partial charge in [0, 0.05) is 11.9 Å². The monoisotopic (exact) mass is 325 g/mol. The van der Waals surface area contributed by atoms with Crippen LogP contribution in [0.1, 0.15) is 41.6 Å². The Morgan fingerprint density at radius 1 is 1.42 bits per heavy atom. The van der Waals surface area contributed by atoms with Crippen molar-refractivity contribution in [3.63, 3.8) is 0 Å². The van der Waals surface area contributed by atoms with Crippen molar-refractivity contribution in [3.8, 4) is 5.75 Å². The van der Waals surface area contributed by atoms with Gasteiger partial charge < -0.3 is 10.4 Å². The molecule has 0 radical (unpaired) electrons. The third-order valence-electron chi connectivity index (χ3n) is 3.97. The van der Waals surface area contributed by atoms with Crippen LogP contribution in [0.3, 0.4) is 0 Å². The molecule has 0 saturated heterocycles. The van der Waals surface area contributed by atoms with Gasteiger partial charge in [-0.3, -0.25) is 4.79 Å². The molecule has 4 heteroatoms. The van der Waals surface area contributed by atoms with Gasteiger partial charge in [0.2, 0.25) is 0 Å². The summed E-state index contributed by atoms with van der Waals surface area (Å²) >= 11 is 3.56. The van der Waals surface area contributed by atoms with Gasteiger partial charge in [-0.15, -0.1) is 0 Å². The molecule has 2 rings (SSSR count). The van der Waals surface area contributed by atoms with E-state index in [1.54, 1.807) is 12.1 Å². The van der Waals surface area contributed by atoms with Crippen molar-refractivity contribution in [2.75, 3.05) is 11.9 Å². The molecular weight excluding hydrogens is 306 g/mol. The van der Waals surface area contributed by atoms with Crippen LogP contribution in [0.15, 0.2) is 18.2 Å². The van der Waals surface area contributed by atoms with Crippen molar-refractivity contribution in [1.82, 2.24) is 5.32 Å². The molecule has 19 heavy (non-hydrogen) atoms. The minimum atomic E-state index is -0.190. The van der Waals surface area contributed by atoms with E-state index >= 15 is 0 Å². The van der Waals surface area contributed by atoms with Crippen molar-refractivity contribution in [2.24, 2.45) is 5.41 Å². The number of amides is 1. The normalized spacial score (nSPS) is 17.4. The Morgan fingerprint density at radius 3 is 2.68 bits per heavy atom. The van der Waals surface area contributed by atoms with E-state index in [1.807, 2.05) is 13.0 Å². The zero-order valence-corrected chi connectivity index (χ0v) is 12.8. The molecule has 0 aromatic heterocycles. The number of aryl methyl sites for hydroxylation is 1. The Bertz CT molecular complexity index is 467. The molecule has 1 saturated carbocycles. The third-order valence-corrected chi connectivity index (χ3v) is 5.16. The zero-order chi connectivity index (χ0) is 13.9. The first-order valence-corrected chi connectivity index (χ1v) is 7.82. The van der Waals surface area contributed by atoms with E-state index in [-0.39, 0.29) is 17.1 Å². The lowest BCUT2D eigenvalue weighted by atomic mass is 9.89. The van der Waals surface area contributed by atoms with E-state index in [2.05, 4.69) is 21.2 Å². The summed E-state index contributed by atoms with van der Waals surface area (Å²) in [5, 5.41) is 13.7. The summed E-state index contributed by atoms with van der Waals surface area (Å²) in [5.74, 6) is -0.137. The Hall–Kier alpha value is -1.03. The second-order valence-electron chi connectivity index (χ2n) is 5.54. The third kappa shape index (κ3) is 3.30. The van der Waals surface area contributed by atoms with Crippen LogP contribution in [-0.4, -0.2) is 22.9 Å². The molecule has 1 aliphatic carbocycles. The van der Waals surface area contributed by atoms with Crippen molar-refractivity contribution in [1.29, 1.82) is 0 Å². The topological polar surface area (TPSA) is 49.3 Å². The lowest BCUT2D eigenvalue weighted by Crippen LogP contribution is -2.37. The van der Waals surface area contributed by atoms with Crippen LogP contribution < -0.4 is 5.32 Å². The van der Waals surface area contributed by atoms with E-state index in [4.69, 9.17) is 0 Å². The van der Waals surface area contributed by atoms with Gasteiger partial charge in [-0.1, -0.05) is 34.8 Å². The highest BCUT2D eigenvalue weighted by molar-refractivity contribution is 9.09. The maximum absolute atomic E-state index is 12.1. The minimum absolute atomic E-state index is 0.0526. The molecule has 0 aliphatic heterocycles. The van der Waals surface area contributed by atoms with Crippen LogP contribution in [0.25, 0.3) is 0 Å². The minimum Gasteiger partial charge on any atom is -0.507 e. The fourth-order valence-corrected chi connectivity index (χ4v) is 3.44. The van der Waals surface area contributed by atoms with Crippen LogP contribution in [-0.2, 0) is 0 Å². The highest BCUT2D eigenvalue weighted by Gasteiger charge is 2.33. The molecule has 104 valence electrons. The molecule has 1 aromatic rings. The van der Waals surface area contributed by atoms with Gasteiger partial charge in [0.15, 0.2) is 0 Å². The Balaban J connectivity index is 2.01. The van der Waals surface area contributed by atoms with Gasteiger partial charge in [-0.25, -0.2) is 0 Å². The van der Waals surface area contributed by atoms with Crippen molar-refractivity contribution in [2.45, 2.75) is 32.6 Å². The van der Waals surface area contributed by atoms with Crippen LogP contribution >= 0.6 is 15.9 Å². The van der Waals surface area contributed by atoms with E-state index in [9.17, 15) is 9.90 Å². The summed E-state index contributed by atoms with van der Waals surface area (Å²) in [6.07, 6.45) is 4.77. The first kappa shape index (κ1) is 14.4. The number of alkyl halides is 1. The molecule has 1 aromatic carbocycles. The lowest BCUT2D eigenvalue weighted by Gasteiger charge is -2.26. The summed E-state index contributed by atoms with van der Waals surface area (Å²) < 4.78 is 0. The number of carbonyl (C=O) groups is 1.